The van der Waals surface area contributed by atoms with Crippen LogP contribution in [-0.2, 0) is 6.18 Å². The monoisotopic (exact) mass is 315 g/mol. The zero-order valence-electron chi connectivity index (χ0n) is 10.4. The number of nitrogens with zero attached hydrogens (tertiary/aromatic N) is 1. The third-order valence-corrected chi connectivity index (χ3v) is 2.78. The molecule has 4 nitrogen and oxygen atoms in total. The largest absolute Gasteiger partial charge is 0.416 e. The number of benzene rings is 1. The molecule has 0 bridgehead atoms. The lowest BCUT2D eigenvalue weighted by molar-refractivity contribution is -0.137. The molecule has 0 saturated heterocycles. The summed E-state index contributed by atoms with van der Waals surface area (Å²) < 4.78 is 37.2. The second-order valence-electron chi connectivity index (χ2n) is 4.00. The molecule has 0 radical (unpaired) electrons. The van der Waals surface area contributed by atoms with Crippen molar-refractivity contribution in [1.29, 1.82) is 0 Å². The van der Waals surface area contributed by atoms with E-state index in [1.807, 2.05) is 0 Å². The van der Waals surface area contributed by atoms with E-state index in [1.165, 1.54) is 6.20 Å². The molecular formula is C13H9ClF3N3O. The maximum Gasteiger partial charge on any atom is 0.416 e. The molecule has 0 aliphatic heterocycles. The number of amides is 2. The van der Waals surface area contributed by atoms with Gasteiger partial charge in [0.25, 0.3) is 0 Å². The van der Waals surface area contributed by atoms with Gasteiger partial charge in [-0.1, -0.05) is 11.6 Å². The van der Waals surface area contributed by atoms with E-state index in [9.17, 15) is 18.0 Å². The number of pyridine rings is 1. The van der Waals surface area contributed by atoms with Gasteiger partial charge < -0.3 is 10.6 Å². The average Bonchev–Trinajstić information content (AvgIpc) is 2.41. The molecule has 0 aliphatic carbocycles. The lowest BCUT2D eigenvalue weighted by Crippen LogP contribution is -2.19. The Balaban J connectivity index is 2.02. The van der Waals surface area contributed by atoms with Gasteiger partial charge in [0, 0.05) is 11.9 Å². The van der Waals surface area contributed by atoms with Crippen LogP contribution in [0.4, 0.5) is 29.3 Å². The van der Waals surface area contributed by atoms with Gasteiger partial charge in [0.2, 0.25) is 0 Å². The minimum absolute atomic E-state index is 0.111. The number of hydrogen-bond donors (Lipinski definition) is 2. The Hall–Kier alpha value is -2.28. The van der Waals surface area contributed by atoms with E-state index in [0.29, 0.717) is 5.69 Å². The van der Waals surface area contributed by atoms with Crippen molar-refractivity contribution in [3.63, 3.8) is 0 Å². The van der Waals surface area contributed by atoms with Crippen LogP contribution in [0.3, 0.4) is 0 Å². The number of alkyl halides is 3. The van der Waals surface area contributed by atoms with Gasteiger partial charge in [-0.3, -0.25) is 0 Å². The normalized spacial score (nSPS) is 11.0. The summed E-state index contributed by atoms with van der Waals surface area (Å²) in [6.07, 6.45) is -2.95. The Bertz CT molecular complexity index is 644. The van der Waals surface area contributed by atoms with Gasteiger partial charge in [-0.25, -0.2) is 9.78 Å². The predicted molar refractivity (Wildman–Crippen MR) is 73.3 cm³/mol. The van der Waals surface area contributed by atoms with Crippen LogP contribution in [0.25, 0.3) is 0 Å². The first-order valence-corrected chi connectivity index (χ1v) is 6.10. The minimum Gasteiger partial charge on any atom is -0.308 e. The van der Waals surface area contributed by atoms with Gasteiger partial charge in [-0.15, -0.1) is 0 Å². The molecule has 2 aromatic rings. The Morgan fingerprint density at radius 3 is 2.33 bits per heavy atom. The van der Waals surface area contributed by atoms with Crippen molar-refractivity contribution in [3.05, 3.63) is 53.3 Å². The van der Waals surface area contributed by atoms with Crippen LogP contribution >= 0.6 is 11.6 Å². The number of anilines is 2. The van der Waals surface area contributed by atoms with E-state index in [2.05, 4.69) is 15.6 Å². The molecule has 1 aromatic carbocycles. The molecule has 8 heteroatoms. The fraction of sp³-hybridized carbons (Fsp3) is 0.0769. The maximum absolute atomic E-state index is 12.4. The molecule has 2 rings (SSSR count). The van der Waals surface area contributed by atoms with E-state index in [1.54, 1.807) is 12.1 Å². The Labute approximate surface area is 122 Å². The molecule has 0 atom stereocenters. The van der Waals surface area contributed by atoms with Crippen LogP contribution in [0, 0.1) is 0 Å². The zero-order valence-corrected chi connectivity index (χ0v) is 11.2. The number of carbonyl (C=O) groups excluding carboxylic acids is 1. The van der Waals surface area contributed by atoms with Gasteiger partial charge in [0.1, 0.15) is 0 Å². The predicted octanol–water partition coefficient (Wildman–Crippen LogP) is 4.40. The highest BCUT2D eigenvalue weighted by Crippen LogP contribution is 2.29. The van der Waals surface area contributed by atoms with Crippen molar-refractivity contribution in [3.8, 4) is 0 Å². The number of urea groups is 1. The number of nitrogens with one attached hydrogen (secondary N) is 2. The highest BCUT2D eigenvalue weighted by Gasteiger charge is 2.29. The van der Waals surface area contributed by atoms with Crippen LogP contribution in [0.15, 0.2) is 42.6 Å². The highest BCUT2D eigenvalue weighted by molar-refractivity contribution is 6.32. The molecule has 0 fully saturated rings. The first-order chi connectivity index (χ1) is 9.86. The Morgan fingerprint density at radius 2 is 1.76 bits per heavy atom. The number of carbonyl (C=O) groups is 1. The van der Waals surface area contributed by atoms with Crippen LogP contribution in [0.5, 0.6) is 0 Å². The lowest BCUT2D eigenvalue weighted by atomic mass is 10.2. The summed E-state index contributed by atoms with van der Waals surface area (Å²) in [6.45, 7) is 0. The lowest BCUT2D eigenvalue weighted by Gasteiger charge is -2.10. The summed E-state index contributed by atoms with van der Waals surface area (Å²) in [7, 11) is 0. The molecular weight excluding hydrogens is 307 g/mol. The second kappa shape index (κ2) is 6.01. The van der Waals surface area contributed by atoms with Crippen LogP contribution < -0.4 is 10.6 Å². The van der Waals surface area contributed by atoms with E-state index in [-0.39, 0.29) is 10.8 Å². The molecule has 0 saturated carbocycles. The fourth-order valence-corrected chi connectivity index (χ4v) is 1.67. The van der Waals surface area contributed by atoms with Gasteiger partial charge in [-0.2, -0.15) is 13.2 Å². The summed E-state index contributed by atoms with van der Waals surface area (Å²) in [6, 6.07) is 6.57. The van der Waals surface area contributed by atoms with Crippen molar-refractivity contribution in [1.82, 2.24) is 4.98 Å². The molecule has 0 spiro atoms. The summed E-state index contributed by atoms with van der Waals surface area (Å²) in [4.78, 5) is 15.5. The molecule has 0 unspecified atom stereocenters. The molecule has 2 N–H and O–H groups in total. The standard InChI is InChI=1S/C13H9ClF3N3O/c14-11-10(2-1-7-18-11)20-12(21)19-9-5-3-8(4-6-9)13(15,16)17/h1-7H,(H2,19,20,21). The third kappa shape index (κ3) is 4.09. The molecule has 1 heterocycles. The SMILES string of the molecule is O=C(Nc1ccc(C(F)(F)F)cc1)Nc1cccnc1Cl. The quantitative estimate of drug-likeness (QED) is 0.807. The van der Waals surface area contributed by atoms with Crippen molar-refractivity contribution >= 4 is 29.0 Å². The van der Waals surface area contributed by atoms with Crippen LogP contribution in [-0.4, -0.2) is 11.0 Å². The number of hydrogen-bond acceptors (Lipinski definition) is 2. The van der Waals surface area contributed by atoms with Gasteiger partial charge >= 0.3 is 12.2 Å². The van der Waals surface area contributed by atoms with Gasteiger partial charge in [0.05, 0.1) is 11.3 Å². The maximum atomic E-state index is 12.4. The van der Waals surface area contributed by atoms with Crippen LogP contribution in [0.2, 0.25) is 5.15 Å². The first-order valence-electron chi connectivity index (χ1n) is 5.72. The van der Waals surface area contributed by atoms with Crippen molar-refractivity contribution in [2.45, 2.75) is 6.18 Å². The topological polar surface area (TPSA) is 54.0 Å². The Kier molecular flexibility index (Phi) is 4.32. The van der Waals surface area contributed by atoms with E-state index < -0.39 is 17.8 Å². The summed E-state index contributed by atoms with van der Waals surface area (Å²) in [5, 5.41) is 4.94. The molecule has 21 heavy (non-hydrogen) atoms. The molecule has 2 amide bonds. The van der Waals surface area contributed by atoms with E-state index >= 15 is 0 Å². The zero-order chi connectivity index (χ0) is 15.5. The first kappa shape index (κ1) is 15.1. The minimum atomic E-state index is -4.41. The molecule has 1 aromatic heterocycles. The summed E-state index contributed by atoms with van der Waals surface area (Å²) in [5.74, 6) is 0. The van der Waals surface area contributed by atoms with Gasteiger partial charge in [-0.05, 0) is 36.4 Å². The van der Waals surface area contributed by atoms with Crippen molar-refractivity contribution < 1.29 is 18.0 Å². The summed E-state index contributed by atoms with van der Waals surface area (Å²) in [5.41, 5.74) is -0.271. The van der Waals surface area contributed by atoms with E-state index in [4.69, 9.17) is 11.6 Å². The average molecular weight is 316 g/mol. The fourth-order valence-electron chi connectivity index (χ4n) is 1.51. The van der Waals surface area contributed by atoms with Gasteiger partial charge in [0.15, 0.2) is 5.15 Å². The number of aromatic nitrogens is 1. The number of rotatable bonds is 2. The molecule has 110 valence electrons. The summed E-state index contributed by atoms with van der Waals surface area (Å²) >= 11 is 5.76. The highest BCUT2D eigenvalue weighted by atomic mass is 35.5. The number of halogens is 4. The van der Waals surface area contributed by atoms with Crippen molar-refractivity contribution in [2.75, 3.05) is 10.6 Å². The second-order valence-corrected chi connectivity index (χ2v) is 4.35. The van der Waals surface area contributed by atoms with Crippen LogP contribution in [0.1, 0.15) is 5.56 Å². The Morgan fingerprint density at radius 1 is 1.10 bits per heavy atom. The van der Waals surface area contributed by atoms with E-state index in [0.717, 1.165) is 24.3 Å². The molecule has 0 aliphatic rings. The van der Waals surface area contributed by atoms with Crippen molar-refractivity contribution in [2.24, 2.45) is 0 Å². The smallest absolute Gasteiger partial charge is 0.308 e. The third-order valence-electron chi connectivity index (χ3n) is 2.48.